The minimum atomic E-state index is -0.614. The molecular weight excluding hydrogens is 296 g/mol. The van der Waals surface area contributed by atoms with E-state index in [1.165, 1.54) is 0 Å². The maximum atomic E-state index is 12.4. The highest BCUT2D eigenvalue weighted by Gasteiger charge is 2.21. The van der Waals surface area contributed by atoms with Gasteiger partial charge in [0, 0.05) is 12.3 Å². The Morgan fingerprint density at radius 1 is 1.35 bits per heavy atom. The zero-order chi connectivity index (χ0) is 16.2. The van der Waals surface area contributed by atoms with E-state index < -0.39 is 6.10 Å². The molecule has 0 bridgehead atoms. The molecule has 0 saturated heterocycles. The summed E-state index contributed by atoms with van der Waals surface area (Å²) in [6, 6.07) is 8.97. The number of aromatic nitrogens is 1. The molecule has 3 rings (SSSR count). The summed E-state index contributed by atoms with van der Waals surface area (Å²) in [5.41, 5.74) is 0.902. The largest absolute Gasteiger partial charge is 0.480 e. The van der Waals surface area contributed by atoms with Crippen molar-refractivity contribution in [2.45, 2.75) is 26.4 Å². The molecule has 23 heavy (non-hydrogen) atoms. The van der Waals surface area contributed by atoms with E-state index in [-0.39, 0.29) is 12.7 Å². The summed E-state index contributed by atoms with van der Waals surface area (Å²) in [5.74, 6) is 2.18. The molecule has 1 aliphatic heterocycles. The zero-order valence-corrected chi connectivity index (χ0v) is 13.0. The lowest BCUT2D eigenvalue weighted by Gasteiger charge is -2.17. The number of carbonyl (C=O) groups is 1. The Labute approximate surface area is 134 Å². The van der Waals surface area contributed by atoms with Crippen LogP contribution >= 0.6 is 0 Å². The van der Waals surface area contributed by atoms with Gasteiger partial charge < -0.3 is 19.5 Å². The molecule has 1 aromatic carbocycles. The molecule has 1 N–H and O–H groups in total. The molecule has 1 aliphatic rings. The molecule has 0 fully saturated rings. The van der Waals surface area contributed by atoms with Crippen molar-refractivity contribution in [3.8, 4) is 17.2 Å². The van der Waals surface area contributed by atoms with E-state index in [2.05, 4.69) is 10.3 Å². The first-order valence-corrected chi connectivity index (χ1v) is 7.46. The number of carbonyl (C=O) groups excluding carboxylic acids is 1. The number of hydrogen-bond donors (Lipinski definition) is 1. The van der Waals surface area contributed by atoms with Crippen molar-refractivity contribution in [1.82, 2.24) is 4.98 Å². The van der Waals surface area contributed by atoms with Crippen LogP contribution < -0.4 is 19.5 Å². The maximum absolute atomic E-state index is 12.4. The van der Waals surface area contributed by atoms with Crippen molar-refractivity contribution in [3.05, 3.63) is 42.1 Å². The molecule has 2 aromatic rings. The first-order valence-electron chi connectivity index (χ1n) is 7.46. The molecule has 1 amide bonds. The van der Waals surface area contributed by atoms with Gasteiger partial charge in [-0.15, -0.1) is 0 Å². The Balaban J connectivity index is 1.70. The SMILES string of the molecule is CCC(Oc1ccc2c(c1)OCO2)C(=O)Nc1ncccc1C. The molecule has 1 aromatic heterocycles. The summed E-state index contributed by atoms with van der Waals surface area (Å²) >= 11 is 0. The van der Waals surface area contributed by atoms with Crippen LogP contribution in [-0.4, -0.2) is 23.8 Å². The number of amides is 1. The monoisotopic (exact) mass is 314 g/mol. The first kappa shape index (κ1) is 15.1. The summed E-state index contributed by atoms with van der Waals surface area (Å²) in [6.45, 7) is 3.99. The van der Waals surface area contributed by atoms with Gasteiger partial charge >= 0.3 is 0 Å². The number of aryl methyl sites for hydroxylation is 1. The lowest BCUT2D eigenvalue weighted by molar-refractivity contribution is -0.122. The van der Waals surface area contributed by atoms with E-state index in [1.807, 2.05) is 26.0 Å². The predicted molar refractivity (Wildman–Crippen MR) is 84.9 cm³/mol. The maximum Gasteiger partial charge on any atom is 0.266 e. The highest BCUT2D eigenvalue weighted by Crippen LogP contribution is 2.35. The summed E-state index contributed by atoms with van der Waals surface area (Å²) in [7, 11) is 0. The summed E-state index contributed by atoms with van der Waals surface area (Å²) in [5, 5.41) is 2.80. The number of nitrogens with one attached hydrogen (secondary N) is 1. The van der Waals surface area contributed by atoms with E-state index in [0.717, 1.165) is 5.56 Å². The van der Waals surface area contributed by atoms with E-state index >= 15 is 0 Å². The minimum absolute atomic E-state index is 0.204. The van der Waals surface area contributed by atoms with Crippen molar-refractivity contribution < 1.29 is 19.0 Å². The van der Waals surface area contributed by atoms with E-state index in [4.69, 9.17) is 14.2 Å². The van der Waals surface area contributed by atoms with Crippen LogP contribution in [-0.2, 0) is 4.79 Å². The number of pyridine rings is 1. The van der Waals surface area contributed by atoms with Gasteiger partial charge in [0.05, 0.1) is 0 Å². The van der Waals surface area contributed by atoms with E-state index in [9.17, 15) is 4.79 Å². The molecular formula is C17H18N2O4. The second-order valence-corrected chi connectivity index (χ2v) is 5.19. The smallest absolute Gasteiger partial charge is 0.266 e. The van der Waals surface area contributed by atoms with Crippen molar-refractivity contribution in [3.63, 3.8) is 0 Å². The number of rotatable bonds is 5. The van der Waals surface area contributed by atoms with Crippen LogP contribution in [0.1, 0.15) is 18.9 Å². The number of nitrogens with zero attached hydrogens (tertiary/aromatic N) is 1. The van der Waals surface area contributed by atoms with Crippen molar-refractivity contribution in [2.24, 2.45) is 0 Å². The van der Waals surface area contributed by atoms with Crippen LogP contribution in [0.3, 0.4) is 0 Å². The fourth-order valence-electron chi connectivity index (χ4n) is 2.25. The van der Waals surface area contributed by atoms with Gasteiger partial charge in [-0.2, -0.15) is 0 Å². The standard InChI is InChI=1S/C17H18N2O4/c1-3-13(17(20)19-16-11(2)5-4-8-18-16)23-12-6-7-14-15(9-12)22-10-21-14/h4-9,13H,3,10H2,1-2H3,(H,18,19,20). The molecule has 0 saturated carbocycles. The third-order valence-corrected chi connectivity index (χ3v) is 3.54. The summed E-state index contributed by atoms with van der Waals surface area (Å²) in [6.07, 6.45) is 1.56. The minimum Gasteiger partial charge on any atom is -0.480 e. The number of anilines is 1. The Morgan fingerprint density at radius 2 is 2.17 bits per heavy atom. The van der Waals surface area contributed by atoms with E-state index in [0.29, 0.717) is 29.5 Å². The van der Waals surface area contributed by atoms with Crippen LogP contribution in [0.5, 0.6) is 17.2 Å². The van der Waals surface area contributed by atoms with Gasteiger partial charge in [-0.3, -0.25) is 4.79 Å². The Kier molecular flexibility index (Phi) is 4.32. The molecule has 1 unspecified atom stereocenters. The Bertz CT molecular complexity index is 717. The molecule has 0 radical (unpaired) electrons. The lowest BCUT2D eigenvalue weighted by atomic mass is 10.2. The van der Waals surface area contributed by atoms with Crippen LogP contribution in [0, 0.1) is 6.92 Å². The van der Waals surface area contributed by atoms with Gasteiger partial charge in [-0.05, 0) is 37.1 Å². The Hall–Kier alpha value is -2.76. The fraction of sp³-hybridized carbons (Fsp3) is 0.294. The zero-order valence-electron chi connectivity index (χ0n) is 13.0. The molecule has 1 atom stereocenters. The topological polar surface area (TPSA) is 69.7 Å². The molecule has 0 aliphatic carbocycles. The number of benzene rings is 1. The van der Waals surface area contributed by atoms with Crippen molar-refractivity contribution in [2.75, 3.05) is 12.1 Å². The van der Waals surface area contributed by atoms with Gasteiger partial charge in [-0.25, -0.2) is 4.98 Å². The first-order chi connectivity index (χ1) is 11.2. The van der Waals surface area contributed by atoms with Crippen molar-refractivity contribution >= 4 is 11.7 Å². The number of hydrogen-bond acceptors (Lipinski definition) is 5. The van der Waals surface area contributed by atoms with E-state index in [1.54, 1.807) is 24.4 Å². The predicted octanol–water partition coefficient (Wildman–Crippen LogP) is 2.91. The molecule has 120 valence electrons. The number of ether oxygens (including phenoxy) is 3. The highest BCUT2D eigenvalue weighted by molar-refractivity contribution is 5.94. The second kappa shape index (κ2) is 6.56. The summed E-state index contributed by atoms with van der Waals surface area (Å²) < 4.78 is 16.4. The number of fused-ring (bicyclic) bond motifs is 1. The quantitative estimate of drug-likeness (QED) is 0.919. The highest BCUT2D eigenvalue weighted by atomic mass is 16.7. The van der Waals surface area contributed by atoms with Gasteiger partial charge in [-0.1, -0.05) is 13.0 Å². The van der Waals surface area contributed by atoms with Crippen LogP contribution in [0.25, 0.3) is 0 Å². The fourth-order valence-corrected chi connectivity index (χ4v) is 2.25. The third kappa shape index (κ3) is 3.36. The van der Waals surface area contributed by atoms with Crippen LogP contribution in [0.4, 0.5) is 5.82 Å². The van der Waals surface area contributed by atoms with Gasteiger partial charge in [0.1, 0.15) is 11.6 Å². The molecule has 2 heterocycles. The normalized spacial score (nSPS) is 13.5. The average Bonchev–Trinajstić information content (AvgIpc) is 3.02. The van der Waals surface area contributed by atoms with Gasteiger partial charge in [0.15, 0.2) is 17.6 Å². The average molecular weight is 314 g/mol. The van der Waals surface area contributed by atoms with Gasteiger partial charge in [0.2, 0.25) is 6.79 Å². The van der Waals surface area contributed by atoms with Crippen LogP contribution in [0.15, 0.2) is 36.5 Å². The second-order valence-electron chi connectivity index (χ2n) is 5.19. The molecule has 6 nitrogen and oxygen atoms in total. The summed E-state index contributed by atoms with van der Waals surface area (Å²) in [4.78, 5) is 16.6. The van der Waals surface area contributed by atoms with Crippen molar-refractivity contribution in [1.29, 1.82) is 0 Å². The Morgan fingerprint density at radius 3 is 2.96 bits per heavy atom. The van der Waals surface area contributed by atoms with Crippen LogP contribution in [0.2, 0.25) is 0 Å². The van der Waals surface area contributed by atoms with Gasteiger partial charge in [0.25, 0.3) is 5.91 Å². The third-order valence-electron chi connectivity index (χ3n) is 3.54. The molecule has 0 spiro atoms. The lowest BCUT2D eigenvalue weighted by Crippen LogP contribution is -2.32. The molecule has 6 heteroatoms.